The van der Waals surface area contributed by atoms with Gasteiger partial charge in [0, 0.05) is 0 Å². The first-order valence-corrected chi connectivity index (χ1v) is 2.90. The van der Waals surface area contributed by atoms with Crippen molar-refractivity contribution in [2.45, 2.75) is 0 Å². The van der Waals surface area contributed by atoms with Gasteiger partial charge in [-0.25, -0.2) is 0 Å². The molecule has 0 saturated carbocycles. The van der Waals surface area contributed by atoms with Gasteiger partial charge in [0.25, 0.3) is 0 Å². The molecule has 4 heteroatoms. The van der Waals surface area contributed by atoms with E-state index in [9.17, 15) is 8.42 Å². The van der Waals surface area contributed by atoms with Crippen LogP contribution in [0.2, 0.25) is 0 Å². The second kappa shape index (κ2) is 3.40. The van der Waals surface area contributed by atoms with Gasteiger partial charge in [-0.15, -0.1) is 0 Å². The molecule has 0 amide bonds. The van der Waals surface area contributed by atoms with Crippen molar-refractivity contribution in [3.8, 4) is 0 Å². The number of hydrogen-bond donors (Lipinski definition) is 1. The van der Waals surface area contributed by atoms with Crippen molar-refractivity contribution in [1.82, 2.24) is 0 Å². The first-order valence-electron chi connectivity index (χ1n) is 1.83. The summed E-state index contributed by atoms with van der Waals surface area (Å²) in [4.78, 5) is -0.190. The van der Waals surface area contributed by atoms with Gasteiger partial charge in [-0.1, -0.05) is 6.58 Å². The van der Waals surface area contributed by atoms with Gasteiger partial charge >= 0.3 is 0 Å². The summed E-state index contributed by atoms with van der Waals surface area (Å²) in [6.45, 7) is 4.23. The van der Waals surface area contributed by atoms with Gasteiger partial charge < -0.3 is 5.11 Å². The fourth-order valence-electron chi connectivity index (χ4n) is 0.161. The molecule has 0 aromatic carbocycles. The fourth-order valence-corrected chi connectivity index (χ4v) is 0.377. The summed E-state index contributed by atoms with van der Waals surface area (Å²) in [5.74, 6) is 0. The SMILES string of the molecule is [CH]=CC(CO)=S(=O)=O. The van der Waals surface area contributed by atoms with E-state index in [-0.39, 0.29) is 4.86 Å². The van der Waals surface area contributed by atoms with E-state index < -0.39 is 16.9 Å². The molecule has 0 atom stereocenters. The largest absolute Gasteiger partial charge is 0.391 e. The van der Waals surface area contributed by atoms with E-state index >= 15 is 0 Å². The summed E-state index contributed by atoms with van der Waals surface area (Å²) < 4.78 is 19.7. The van der Waals surface area contributed by atoms with Crippen LogP contribution < -0.4 is 0 Å². The van der Waals surface area contributed by atoms with E-state index in [1.165, 1.54) is 0 Å². The molecule has 0 spiro atoms. The average molecular weight is 133 g/mol. The van der Waals surface area contributed by atoms with E-state index in [4.69, 9.17) is 11.7 Å². The Hall–Kier alpha value is -0.610. The fraction of sp³-hybridized carbons (Fsp3) is 0.250. The van der Waals surface area contributed by atoms with Gasteiger partial charge in [0.1, 0.15) is 0 Å². The monoisotopic (exact) mass is 133 g/mol. The zero-order valence-corrected chi connectivity index (χ0v) is 4.85. The number of aliphatic hydroxyl groups is 1. The zero-order chi connectivity index (χ0) is 6.57. The number of aliphatic hydroxyl groups excluding tert-OH is 1. The maximum atomic E-state index is 9.85. The molecule has 3 nitrogen and oxygen atoms in total. The third kappa shape index (κ3) is 1.90. The maximum absolute atomic E-state index is 9.85. The molecule has 0 bridgehead atoms. The van der Waals surface area contributed by atoms with Crippen molar-refractivity contribution >= 4 is 15.2 Å². The highest BCUT2D eigenvalue weighted by Gasteiger charge is 1.88. The highest BCUT2D eigenvalue weighted by atomic mass is 32.2. The molecule has 0 aliphatic rings. The Morgan fingerprint density at radius 1 is 1.75 bits per heavy atom. The summed E-state index contributed by atoms with van der Waals surface area (Å²) in [5, 5.41) is 8.16. The Bertz CT molecular complexity index is 191. The Kier molecular flexibility index (Phi) is 3.14. The highest BCUT2D eigenvalue weighted by Crippen LogP contribution is 1.69. The van der Waals surface area contributed by atoms with Crippen molar-refractivity contribution < 1.29 is 13.5 Å². The molecule has 8 heavy (non-hydrogen) atoms. The molecular formula is C4H5O3S. The summed E-state index contributed by atoms with van der Waals surface area (Å²) in [6.07, 6.45) is 0.850. The van der Waals surface area contributed by atoms with Crippen molar-refractivity contribution in [1.29, 1.82) is 0 Å². The molecule has 0 aromatic rings. The maximum Gasteiger partial charge on any atom is 0.219 e. The summed E-state index contributed by atoms with van der Waals surface area (Å²) in [5.41, 5.74) is 0. The lowest BCUT2D eigenvalue weighted by atomic mass is 10.5. The predicted octanol–water partition coefficient (Wildman–Crippen LogP) is -0.981. The smallest absolute Gasteiger partial charge is 0.219 e. The lowest BCUT2D eigenvalue weighted by Gasteiger charge is -1.80. The molecule has 1 radical (unpaired) electrons. The Morgan fingerprint density at radius 3 is 2.25 bits per heavy atom. The Balaban J connectivity index is 4.60. The van der Waals surface area contributed by atoms with Crippen LogP contribution >= 0.6 is 0 Å². The minimum Gasteiger partial charge on any atom is -0.391 e. The molecule has 0 rings (SSSR count). The molecule has 0 aliphatic heterocycles. The second-order valence-corrected chi connectivity index (χ2v) is 2.02. The van der Waals surface area contributed by atoms with Crippen molar-refractivity contribution in [3.05, 3.63) is 12.7 Å². The number of rotatable bonds is 2. The molecule has 0 unspecified atom stereocenters. The minimum atomic E-state index is -2.37. The lowest BCUT2D eigenvalue weighted by molar-refractivity contribution is 0.360. The van der Waals surface area contributed by atoms with Gasteiger partial charge in [-0.05, 0) is 6.08 Å². The first kappa shape index (κ1) is 7.39. The zero-order valence-electron chi connectivity index (χ0n) is 4.03. The van der Waals surface area contributed by atoms with E-state index in [1.807, 2.05) is 0 Å². The van der Waals surface area contributed by atoms with Crippen LogP contribution in [0.25, 0.3) is 0 Å². The topological polar surface area (TPSA) is 54.4 Å². The predicted molar refractivity (Wildman–Crippen MR) is 29.9 cm³/mol. The Labute approximate surface area is 48.8 Å². The Morgan fingerprint density at radius 2 is 2.25 bits per heavy atom. The third-order valence-corrected chi connectivity index (χ3v) is 1.25. The van der Waals surface area contributed by atoms with E-state index in [2.05, 4.69) is 0 Å². The van der Waals surface area contributed by atoms with Crippen molar-refractivity contribution in [3.63, 3.8) is 0 Å². The summed E-state index contributed by atoms with van der Waals surface area (Å²) >= 11 is 0. The van der Waals surface area contributed by atoms with Gasteiger partial charge in [-0.2, -0.15) is 8.42 Å². The van der Waals surface area contributed by atoms with Crippen LogP contribution in [0.5, 0.6) is 0 Å². The van der Waals surface area contributed by atoms with Crippen LogP contribution in [0.1, 0.15) is 0 Å². The first-order chi connectivity index (χ1) is 3.72. The van der Waals surface area contributed by atoms with Crippen LogP contribution in [0.3, 0.4) is 0 Å². The van der Waals surface area contributed by atoms with Gasteiger partial charge in [0.15, 0.2) is 0 Å². The van der Waals surface area contributed by atoms with Crippen LogP contribution in [0, 0.1) is 6.58 Å². The second-order valence-electron chi connectivity index (χ2n) is 1.03. The molecule has 0 fully saturated rings. The normalized spacial score (nSPS) is 8.12. The average Bonchev–Trinajstić information content (AvgIpc) is 1.69. The molecule has 45 valence electrons. The quantitative estimate of drug-likeness (QED) is 0.389. The molecule has 0 heterocycles. The van der Waals surface area contributed by atoms with Crippen LogP contribution in [0.4, 0.5) is 0 Å². The third-order valence-electron chi connectivity index (χ3n) is 0.556. The molecule has 0 aliphatic carbocycles. The van der Waals surface area contributed by atoms with E-state index in [0.717, 1.165) is 6.08 Å². The van der Waals surface area contributed by atoms with E-state index in [1.54, 1.807) is 0 Å². The van der Waals surface area contributed by atoms with Gasteiger partial charge in [0.05, 0.1) is 11.5 Å². The molecule has 0 saturated heterocycles. The minimum absolute atomic E-state index is 0.190. The van der Waals surface area contributed by atoms with Crippen LogP contribution in [-0.4, -0.2) is 25.0 Å². The van der Waals surface area contributed by atoms with E-state index in [0.29, 0.717) is 0 Å². The lowest BCUT2D eigenvalue weighted by Crippen LogP contribution is -1.99. The molecule has 0 aromatic heterocycles. The van der Waals surface area contributed by atoms with Crippen molar-refractivity contribution in [2.24, 2.45) is 0 Å². The van der Waals surface area contributed by atoms with Gasteiger partial charge in [0.2, 0.25) is 10.3 Å². The summed E-state index contributed by atoms with van der Waals surface area (Å²) in [6, 6.07) is 0. The molecular weight excluding hydrogens is 128 g/mol. The van der Waals surface area contributed by atoms with Crippen LogP contribution in [-0.2, 0) is 10.3 Å². The summed E-state index contributed by atoms with van der Waals surface area (Å²) in [7, 11) is -2.37. The van der Waals surface area contributed by atoms with Crippen molar-refractivity contribution in [2.75, 3.05) is 6.61 Å². The van der Waals surface area contributed by atoms with Crippen LogP contribution in [0.15, 0.2) is 6.08 Å². The standard InChI is InChI=1S/C4H5O3S/c1-2-4(3-5)8(6)7/h1-2,5H,3H2. The highest BCUT2D eigenvalue weighted by molar-refractivity contribution is 7.73. The van der Waals surface area contributed by atoms with Gasteiger partial charge in [-0.3, -0.25) is 0 Å². The molecule has 1 N–H and O–H groups in total. The number of hydrogen-bond acceptors (Lipinski definition) is 3.